The maximum atomic E-state index is 11.6. The number of halogens is 1. The third-order valence-electron chi connectivity index (χ3n) is 3.15. The fraction of sp³-hybridized carbons (Fsp3) is 0.455. The first kappa shape index (κ1) is 14.1. The summed E-state index contributed by atoms with van der Waals surface area (Å²) in [7, 11) is -3.01. The van der Waals surface area contributed by atoms with Gasteiger partial charge in [-0.3, -0.25) is 10.1 Å². The van der Waals surface area contributed by atoms with Crippen LogP contribution in [0.1, 0.15) is 12.8 Å². The third kappa shape index (κ3) is 3.16. The van der Waals surface area contributed by atoms with Crippen molar-refractivity contribution in [2.24, 2.45) is 0 Å². The van der Waals surface area contributed by atoms with E-state index in [-0.39, 0.29) is 23.0 Å². The van der Waals surface area contributed by atoms with Crippen LogP contribution in [0.5, 0.6) is 0 Å². The van der Waals surface area contributed by atoms with Gasteiger partial charge in [0.25, 0.3) is 5.69 Å². The maximum absolute atomic E-state index is 11.6. The number of sulfone groups is 1. The second-order valence-electron chi connectivity index (χ2n) is 4.43. The van der Waals surface area contributed by atoms with Gasteiger partial charge in [0.15, 0.2) is 9.84 Å². The zero-order chi connectivity index (χ0) is 14.0. The molecule has 1 aliphatic heterocycles. The first-order valence-corrected chi connectivity index (χ1v) is 7.89. The van der Waals surface area contributed by atoms with Gasteiger partial charge in [-0.25, -0.2) is 8.42 Å². The number of nitro benzene ring substituents is 1. The summed E-state index contributed by atoms with van der Waals surface area (Å²) in [5.74, 6) is 0.230. The highest BCUT2D eigenvalue weighted by atomic mass is 35.5. The summed E-state index contributed by atoms with van der Waals surface area (Å²) in [5.41, 5.74) is 0.415. The molecule has 1 saturated heterocycles. The van der Waals surface area contributed by atoms with Crippen molar-refractivity contribution in [2.45, 2.75) is 18.1 Å². The topological polar surface area (TPSA) is 89.3 Å². The summed E-state index contributed by atoms with van der Waals surface area (Å²) < 4.78 is 23.3. The molecule has 2 rings (SSSR count). The predicted molar refractivity (Wildman–Crippen MR) is 73.4 cm³/mol. The van der Waals surface area contributed by atoms with Crippen molar-refractivity contribution >= 4 is 32.8 Å². The Morgan fingerprint density at radius 2 is 2.21 bits per heavy atom. The van der Waals surface area contributed by atoms with Crippen molar-refractivity contribution in [2.75, 3.05) is 17.6 Å². The van der Waals surface area contributed by atoms with Crippen LogP contribution in [-0.4, -0.2) is 30.9 Å². The summed E-state index contributed by atoms with van der Waals surface area (Å²) in [6.07, 6.45) is 1.32. The van der Waals surface area contributed by atoms with Gasteiger partial charge in [0.2, 0.25) is 0 Å². The lowest BCUT2D eigenvalue weighted by Crippen LogP contribution is -2.25. The number of nitrogens with zero attached hydrogens (tertiary/aromatic N) is 1. The second kappa shape index (κ2) is 5.34. The van der Waals surface area contributed by atoms with Crippen LogP contribution in [0.3, 0.4) is 0 Å². The maximum Gasteiger partial charge on any atom is 0.271 e. The van der Waals surface area contributed by atoms with E-state index >= 15 is 0 Å². The minimum absolute atomic E-state index is 0.0935. The van der Waals surface area contributed by atoms with Gasteiger partial charge in [-0.2, -0.15) is 0 Å². The standard InChI is InChI=1S/C11H13ClN2O4S/c12-10-6-8(14(15)16)3-4-11(10)13-7-9-2-1-5-19(9,17)18/h3-4,6,9,13H,1-2,5,7H2. The van der Waals surface area contributed by atoms with E-state index in [2.05, 4.69) is 5.32 Å². The zero-order valence-corrected chi connectivity index (χ0v) is 11.6. The van der Waals surface area contributed by atoms with E-state index in [1.165, 1.54) is 18.2 Å². The Hall–Kier alpha value is -1.34. The van der Waals surface area contributed by atoms with Crippen molar-refractivity contribution in [1.82, 2.24) is 0 Å². The van der Waals surface area contributed by atoms with Gasteiger partial charge in [-0.05, 0) is 18.9 Å². The lowest BCUT2D eigenvalue weighted by Gasteiger charge is -2.12. The molecule has 8 heteroatoms. The molecule has 1 aliphatic rings. The van der Waals surface area contributed by atoms with E-state index in [9.17, 15) is 18.5 Å². The van der Waals surface area contributed by atoms with E-state index in [4.69, 9.17) is 11.6 Å². The molecule has 0 amide bonds. The average molecular weight is 305 g/mol. The monoisotopic (exact) mass is 304 g/mol. The van der Waals surface area contributed by atoms with Gasteiger partial charge >= 0.3 is 0 Å². The minimum Gasteiger partial charge on any atom is -0.383 e. The number of non-ortho nitro benzene ring substituents is 1. The fourth-order valence-electron chi connectivity index (χ4n) is 2.07. The molecule has 1 aromatic carbocycles. The predicted octanol–water partition coefficient (Wildman–Crippen LogP) is 2.24. The SMILES string of the molecule is O=[N+]([O-])c1ccc(NCC2CCCS2(=O)=O)c(Cl)c1. The van der Waals surface area contributed by atoms with Crippen molar-refractivity contribution in [3.05, 3.63) is 33.3 Å². The van der Waals surface area contributed by atoms with Crippen LogP contribution in [0, 0.1) is 10.1 Å². The molecule has 1 fully saturated rings. The number of hydrogen-bond donors (Lipinski definition) is 1. The van der Waals surface area contributed by atoms with E-state index in [0.29, 0.717) is 18.5 Å². The Morgan fingerprint density at radius 1 is 1.47 bits per heavy atom. The van der Waals surface area contributed by atoms with Crippen LogP contribution < -0.4 is 5.32 Å². The summed E-state index contributed by atoms with van der Waals surface area (Å²) in [4.78, 5) is 10.0. The molecule has 6 nitrogen and oxygen atoms in total. The number of hydrogen-bond acceptors (Lipinski definition) is 5. The van der Waals surface area contributed by atoms with Crippen LogP contribution >= 0.6 is 11.6 Å². The molecule has 1 unspecified atom stereocenters. The van der Waals surface area contributed by atoms with E-state index in [1.807, 2.05) is 0 Å². The van der Waals surface area contributed by atoms with Crippen LogP contribution in [0.4, 0.5) is 11.4 Å². The first-order valence-electron chi connectivity index (χ1n) is 5.79. The van der Waals surface area contributed by atoms with Gasteiger partial charge < -0.3 is 5.32 Å². The summed E-state index contributed by atoms with van der Waals surface area (Å²) in [6, 6.07) is 4.06. The third-order valence-corrected chi connectivity index (χ3v) is 5.74. The Bertz CT molecular complexity index is 603. The summed E-state index contributed by atoms with van der Waals surface area (Å²) in [6.45, 7) is 0.278. The quantitative estimate of drug-likeness (QED) is 0.680. The minimum atomic E-state index is -3.01. The molecule has 0 aliphatic carbocycles. The van der Waals surface area contributed by atoms with Gasteiger partial charge in [0.1, 0.15) is 0 Å². The van der Waals surface area contributed by atoms with E-state index < -0.39 is 20.0 Å². The van der Waals surface area contributed by atoms with E-state index in [1.54, 1.807) is 0 Å². The number of anilines is 1. The van der Waals surface area contributed by atoms with Crippen LogP contribution in [0.2, 0.25) is 5.02 Å². The van der Waals surface area contributed by atoms with Gasteiger partial charge in [0.05, 0.1) is 26.6 Å². The molecule has 1 heterocycles. The summed E-state index contributed by atoms with van der Waals surface area (Å²) >= 11 is 5.91. The van der Waals surface area contributed by atoms with Crippen molar-refractivity contribution < 1.29 is 13.3 Å². The number of rotatable bonds is 4. The highest BCUT2D eigenvalue weighted by Crippen LogP contribution is 2.27. The molecule has 104 valence electrons. The largest absolute Gasteiger partial charge is 0.383 e. The Balaban J connectivity index is 2.06. The Labute approximate surface area is 115 Å². The normalized spacial score (nSPS) is 21.2. The molecule has 0 radical (unpaired) electrons. The lowest BCUT2D eigenvalue weighted by atomic mass is 10.2. The highest BCUT2D eigenvalue weighted by molar-refractivity contribution is 7.92. The number of nitro groups is 1. The van der Waals surface area contributed by atoms with Crippen LogP contribution in [-0.2, 0) is 9.84 Å². The van der Waals surface area contributed by atoms with Crippen molar-refractivity contribution in [3.8, 4) is 0 Å². The second-order valence-corrected chi connectivity index (χ2v) is 7.24. The average Bonchev–Trinajstić information content (AvgIpc) is 2.66. The summed E-state index contributed by atoms with van der Waals surface area (Å²) in [5, 5.41) is 13.3. The molecular formula is C11H13ClN2O4S. The smallest absolute Gasteiger partial charge is 0.271 e. The lowest BCUT2D eigenvalue weighted by molar-refractivity contribution is -0.384. The Kier molecular flexibility index (Phi) is 3.96. The molecular weight excluding hydrogens is 292 g/mol. The van der Waals surface area contributed by atoms with Gasteiger partial charge in [0, 0.05) is 18.7 Å². The van der Waals surface area contributed by atoms with Crippen LogP contribution in [0.15, 0.2) is 18.2 Å². The fourth-order valence-corrected chi connectivity index (χ4v) is 4.08. The zero-order valence-electron chi connectivity index (χ0n) is 10.0. The molecule has 0 aromatic heterocycles. The molecule has 1 aromatic rings. The van der Waals surface area contributed by atoms with E-state index in [0.717, 1.165) is 0 Å². The van der Waals surface area contributed by atoms with Crippen molar-refractivity contribution in [1.29, 1.82) is 0 Å². The molecule has 1 N–H and O–H groups in total. The van der Waals surface area contributed by atoms with Gasteiger partial charge in [-0.15, -0.1) is 0 Å². The van der Waals surface area contributed by atoms with Gasteiger partial charge in [-0.1, -0.05) is 11.6 Å². The van der Waals surface area contributed by atoms with Crippen LogP contribution in [0.25, 0.3) is 0 Å². The number of benzene rings is 1. The molecule has 0 bridgehead atoms. The molecule has 19 heavy (non-hydrogen) atoms. The molecule has 1 atom stereocenters. The van der Waals surface area contributed by atoms with Crippen molar-refractivity contribution in [3.63, 3.8) is 0 Å². The first-order chi connectivity index (χ1) is 8.90. The molecule has 0 saturated carbocycles. The highest BCUT2D eigenvalue weighted by Gasteiger charge is 2.30. The Morgan fingerprint density at radius 3 is 2.74 bits per heavy atom. The molecule has 0 spiro atoms. The number of nitrogens with one attached hydrogen (secondary N) is 1.